The molecule has 3 nitrogen and oxygen atoms in total. The van der Waals surface area contributed by atoms with Gasteiger partial charge in [0.15, 0.2) is 0 Å². The molecule has 2 N–H and O–H groups in total. The van der Waals surface area contributed by atoms with Crippen molar-refractivity contribution >= 4 is 0 Å². The van der Waals surface area contributed by atoms with Gasteiger partial charge in [0.1, 0.15) is 0 Å². The fraction of sp³-hybridized carbons (Fsp3) is 1.00. The van der Waals surface area contributed by atoms with E-state index in [1.807, 2.05) is 0 Å². The van der Waals surface area contributed by atoms with Crippen molar-refractivity contribution in [3.8, 4) is 0 Å². The first-order chi connectivity index (χ1) is 9.23. The Bertz CT molecular complexity index is 286. The van der Waals surface area contributed by atoms with E-state index in [2.05, 4.69) is 0 Å². The summed E-state index contributed by atoms with van der Waals surface area (Å²) in [5, 5.41) is 0. The van der Waals surface area contributed by atoms with Gasteiger partial charge in [-0.1, -0.05) is 19.3 Å². The summed E-state index contributed by atoms with van der Waals surface area (Å²) in [7, 11) is 0. The van der Waals surface area contributed by atoms with Gasteiger partial charge in [-0.05, 0) is 50.9 Å². The molecule has 110 valence electrons. The summed E-state index contributed by atoms with van der Waals surface area (Å²) in [4.78, 5) is 0. The maximum atomic E-state index is 6.79. The minimum absolute atomic E-state index is 0.00469. The Morgan fingerprint density at radius 3 is 2.53 bits per heavy atom. The molecule has 1 saturated carbocycles. The van der Waals surface area contributed by atoms with E-state index >= 15 is 0 Å². The minimum Gasteiger partial charge on any atom is -0.381 e. The molecule has 2 atom stereocenters. The van der Waals surface area contributed by atoms with Crippen molar-refractivity contribution in [1.82, 2.24) is 0 Å². The van der Waals surface area contributed by atoms with Crippen LogP contribution >= 0.6 is 0 Å². The minimum atomic E-state index is 0.00469. The van der Waals surface area contributed by atoms with E-state index in [0.29, 0.717) is 5.92 Å². The summed E-state index contributed by atoms with van der Waals surface area (Å²) in [5.41, 5.74) is 6.97. The van der Waals surface area contributed by atoms with Crippen molar-refractivity contribution in [1.29, 1.82) is 0 Å². The average molecular weight is 267 g/mol. The monoisotopic (exact) mass is 267 g/mol. The molecule has 19 heavy (non-hydrogen) atoms. The van der Waals surface area contributed by atoms with E-state index in [9.17, 15) is 0 Å². The van der Waals surface area contributed by atoms with Crippen LogP contribution in [0.5, 0.6) is 0 Å². The molecule has 0 aromatic rings. The lowest BCUT2D eigenvalue weighted by Gasteiger charge is -2.48. The first-order valence-electron chi connectivity index (χ1n) is 8.23. The molecule has 3 fully saturated rings. The van der Waals surface area contributed by atoms with Crippen LogP contribution in [0.15, 0.2) is 0 Å². The van der Waals surface area contributed by atoms with Crippen molar-refractivity contribution in [3.63, 3.8) is 0 Å². The van der Waals surface area contributed by atoms with Gasteiger partial charge in [-0.25, -0.2) is 0 Å². The summed E-state index contributed by atoms with van der Waals surface area (Å²) < 4.78 is 11.8. The summed E-state index contributed by atoms with van der Waals surface area (Å²) in [6.45, 7) is 2.67. The summed E-state index contributed by atoms with van der Waals surface area (Å²) in [6, 6.07) is 0. The number of nitrogens with two attached hydrogens (primary N) is 1. The summed E-state index contributed by atoms with van der Waals surface area (Å²) in [6.07, 6.45) is 12.2. The third-order valence-corrected chi connectivity index (χ3v) is 5.71. The van der Waals surface area contributed by atoms with Crippen LogP contribution in [0.25, 0.3) is 0 Å². The SMILES string of the molecule is NC1(C2CCOC3(CCCCC3)C2)CCCOCC1. The van der Waals surface area contributed by atoms with E-state index in [0.717, 1.165) is 45.5 Å². The lowest BCUT2D eigenvalue weighted by Crippen LogP contribution is -2.54. The van der Waals surface area contributed by atoms with Crippen molar-refractivity contribution in [2.45, 2.75) is 75.3 Å². The van der Waals surface area contributed by atoms with Crippen LogP contribution in [0, 0.1) is 5.92 Å². The van der Waals surface area contributed by atoms with Gasteiger partial charge in [0, 0.05) is 25.4 Å². The first-order valence-corrected chi connectivity index (χ1v) is 8.23. The average Bonchev–Trinajstić information content (AvgIpc) is 2.66. The van der Waals surface area contributed by atoms with Crippen LogP contribution < -0.4 is 5.73 Å². The molecule has 3 rings (SSSR count). The molecule has 0 aromatic heterocycles. The zero-order chi connectivity index (χ0) is 13.2. The molecule has 0 aromatic carbocycles. The first kappa shape index (κ1) is 13.8. The van der Waals surface area contributed by atoms with Gasteiger partial charge in [-0.2, -0.15) is 0 Å². The maximum absolute atomic E-state index is 6.79. The van der Waals surface area contributed by atoms with Gasteiger partial charge >= 0.3 is 0 Å². The summed E-state index contributed by atoms with van der Waals surface area (Å²) in [5.74, 6) is 0.640. The fourth-order valence-electron chi connectivity index (χ4n) is 4.46. The quantitative estimate of drug-likeness (QED) is 0.794. The Hall–Kier alpha value is -0.120. The highest BCUT2D eigenvalue weighted by Gasteiger charge is 2.45. The highest BCUT2D eigenvalue weighted by atomic mass is 16.5. The van der Waals surface area contributed by atoms with E-state index in [1.165, 1.54) is 38.5 Å². The predicted octanol–water partition coefficient (Wildman–Crippen LogP) is 3.01. The Kier molecular flexibility index (Phi) is 4.16. The van der Waals surface area contributed by atoms with Crippen LogP contribution in [0.2, 0.25) is 0 Å². The molecule has 2 unspecified atom stereocenters. The molecule has 2 heterocycles. The van der Waals surface area contributed by atoms with Crippen molar-refractivity contribution in [2.75, 3.05) is 19.8 Å². The molecule has 0 radical (unpaired) electrons. The normalized spacial score (nSPS) is 39.9. The molecular formula is C16H29NO2. The molecular weight excluding hydrogens is 238 g/mol. The second-order valence-electron chi connectivity index (χ2n) is 6.98. The Morgan fingerprint density at radius 1 is 0.842 bits per heavy atom. The Balaban J connectivity index is 1.69. The second-order valence-corrected chi connectivity index (χ2v) is 6.98. The molecule has 3 heteroatoms. The van der Waals surface area contributed by atoms with Gasteiger partial charge in [0.25, 0.3) is 0 Å². The van der Waals surface area contributed by atoms with E-state index in [4.69, 9.17) is 15.2 Å². The second kappa shape index (κ2) is 5.71. The van der Waals surface area contributed by atoms with Gasteiger partial charge in [-0.15, -0.1) is 0 Å². The number of ether oxygens (including phenoxy) is 2. The molecule has 0 bridgehead atoms. The van der Waals surface area contributed by atoms with E-state index in [-0.39, 0.29) is 11.1 Å². The van der Waals surface area contributed by atoms with Crippen molar-refractivity contribution < 1.29 is 9.47 Å². The third kappa shape index (κ3) is 2.98. The van der Waals surface area contributed by atoms with Crippen LogP contribution in [-0.2, 0) is 9.47 Å². The summed E-state index contributed by atoms with van der Waals surface area (Å²) >= 11 is 0. The fourth-order valence-corrected chi connectivity index (χ4v) is 4.46. The predicted molar refractivity (Wildman–Crippen MR) is 76.1 cm³/mol. The number of rotatable bonds is 1. The van der Waals surface area contributed by atoms with Crippen LogP contribution in [0.1, 0.15) is 64.2 Å². The highest BCUT2D eigenvalue weighted by molar-refractivity contribution is 4.99. The van der Waals surface area contributed by atoms with Gasteiger partial charge in [0.2, 0.25) is 0 Å². The topological polar surface area (TPSA) is 44.5 Å². The highest BCUT2D eigenvalue weighted by Crippen LogP contribution is 2.45. The lowest BCUT2D eigenvalue weighted by molar-refractivity contribution is -0.128. The Labute approximate surface area is 117 Å². The van der Waals surface area contributed by atoms with E-state index in [1.54, 1.807) is 0 Å². The largest absolute Gasteiger partial charge is 0.381 e. The van der Waals surface area contributed by atoms with Gasteiger partial charge in [0.05, 0.1) is 5.60 Å². The number of hydrogen-bond acceptors (Lipinski definition) is 3. The molecule has 1 spiro atoms. The Morgan fingerprint density at radius 2 is 1.68 bits per heavy atom. The molecule has 1 aliphatic carbocycles. The van der Waals surface area contributed by atoms with Crippen LogP contribution in [0.3, 0.4) is 0 Å². The van der Waals surface area contributed by atoms with Crippen LogP contribution in [-0.4, -0.2) is 31.0 Å². The molecule has 2 aliphatic heterocycles. The maximum Gasteiger partial charge on any atom is 0.0685 e. The van der Waals surface area contributed by atoms with Gasteiger partial charge in [-0.3, -0.25) is 0 Å². The number of hydrogen-bond donors (Lipinski definition) is 1. The van der Waals surface area contributed by atoms with Crippen molar-refractivity contribution in [3.05, 3.63) is 0 Å². The lowest BCUT2D eigenvalue weighted by atomic mass is 9.67. The molecule has 0 amide bonds. The van der Waals surface area contributed by atoms with Crippen LogP contribution in [0.4, 0.5) is 0 Å². The zero-order valence-electron chi connectivity index (χ0n) is 12.2. The zero-order valence-corrected chi connectivity index (χ0v) is 12.2. The standard InChI is InChI=1S/C16H29NO2/c17-16(8-4-10-18-12-9-16)14-5-11-19-15(13-14)6-2-1-3-7-15/h14H,1-13,17H2. The van der Waals surface area contributed by atoms with Gasteiger partial charge < -0.3 is 15.2 Å². The van der Waals surface area contributed by atoms with E-state index < -0.39 is 0 Å². The van der Waals surface area contributed by atoms with Crippen molar-refractivity contribution in [2.24, 2.45) is 11.7 Å². The molecule has 3 aliphatic rings. The smallest absolute Gasteiger partial charge is 0.0685 e. The third-order valence-electron chi connectivity index (χ3n) is 5.71. The molecule has 2 saturated heterocycles.